The van der Waals surface area contributed by atoms with Crippen LogP contribution in [0.1, 0.15) is 56.4 Å². The number of aromatic nitrogens is 1. The number of anilines is 1. The molecule has 1 aliphatic carbocycles. The lowest BCUT2D eigenvalue weighted by atomic mass is 9.95. The second-order valence-corrected chi connectivity index (χ2v) is 10.4. The Morgan fingerprint density at radius 2 is 1.92 bits per heavy atom. The van der Waals surface area contributed by atoms with Gasteiger partial charge in [-0.3, -0.25) is 9.59 Å². The van der Waals surface area contributed by atoms with Gasteiger partial charge >= 0.3 is 0 Å². The van der Waals surface area contributed by atoms with Crippen LogP contribution < -0.4 is 10.6 Å². The van der Waals surface area contributed by atoms with E-state index in [9.17, 15) is 14.9 Å². The molecule has 0 aliphatic heterocycles. The molecule has 3 aromatic heterocycles. The molecule has 38 heavy (non-hydrogen) atoms. The quantitative estimate of drug-likeness (QED) is 0.225. The van der Waals surface area contributed by atoms with E-state index < -0.39 is 5.91 Å². The number of furan rings is 1. The monoisotopic (exact) mass is 524 g/mol. The smallest absolute Gasteiger partial charge is 0.262 e. The molecular formula is C30H28N4O3S. The van der Waals surface area contributed by atoms with Crippen LogP contribution in [0.4, 0.5) is 5.69 Å². The summed E-state index contributed by atoms with van der Waals surface area (Å²) in [6.45, 7) is 4.13. The molecule has 192 valence electrons. The third-order valence-corrected chi connectivity index (χ3v) is 8.03. The van der Waals surface area contributed by atoms with Crippen molar-refractivity contribution in [2.75, 3.05) is 5.32 Å². The summed E-state index contributed by atoms with van der Waals surface area (Å²) in [6.07, 6.45) is 7.16. The first-order valence-electron chi connectivity index (χ1n) is 12.6. The summed E-state index contributed by atoms with van der Waals surface area (Å²) in [5.41, 5.74) is 5.14. The number of aryl methyl sites for hydroxylation is 2. The minimum absolute atomic E-state index is 0.00400. The van der Waals surface area contributed by atoms with Crippen molar-refractivity contribution in [1.29, 1.82) is 5.26 Å². The van der Waals surface area contributed by atoms with Crippen LogP contribution in [-0.4, -0.2) is 16.4 Å². The molecule has 0 spiro atoms. The second kappa shape index (κ2) is 11.0. The molecule has 0 unspecified atom stereocenters. The number of fused-ring (bicyclic) bond motifs is 1. The van der Waals surface area contributed by atoms with Crippen molar-refractivity contribution >= 4 is 34.9 Å². The maximum absolute atomic E-state index is 13.6. The lowest BCUT2D eigenvalue weighted by molar-refractivity contribution is -0.117. The Labute approximate surface area is 225 Å². The molecule has 0 saturated heterocycles. The molecule has 3 heterocycles. The SMILES string of the molecule is Cc1cc(/C=C(/C#N)C(=O)NCc2ccco2)c(C)n1-c1sc2c(c1C(=O)Nc1ccccc1)CCCC2. The highest BCUT2D eigenvalue weighted by Gasteiger charge is 2.28. The van der Waals surface area contributed by atoms with E-state index in [1.54, 1.807) is 29.5 Å². The third-order valence-electron chi connectivity index (χ3n) is 6.75. The van der Waals surface area contributed by atoms with E-state index in [1.807, 2.05) is 56.3 Å². The molecule has 1 aromatic carbocycles. The maximum Gasteiger partial charge on any atom is 0.262 e. The molecule has 7 nitrogen and oxygen atoms in total. The summed E-state index contributed by atoms with van der Waals surface area (Å²) in [7, 11) is 0. The van der Waals surface area contributed by atoms with Crippen LogP contribution in [0.25, 0.3) is 11.1 Å². The first-order chi connectivity index (χ1) is 18.5. The number of carbonyl (C=O) groups excluding carboxylic acids is 2. The average molecular weight is 525 g/mol. The summed E-state index contributed by atoms with van der Waals surface area (Å²) in [5, 5.41) is 16.4. The predicted molar refractivity (Wildman–Crippen MR) is 148 cm³/mol. The molecule has 0 atom stereocenters. The lowest BCUT2D eigenvalue weighted by Gasteiger charge is -2.14. The summed E-state index contributed by atoms with van der Waals surface area (Å²) >= 11 is 1.66. The number of hydrogen-bond acceptors (Lipinski definition) is 5. The molecule has 0 bridgehead atoms. The van der Waals surface area contributed by atoms with Gasteiger partial charge in [0, 0.05) is 22.0 Å². The Morgan fingerprint density at radius 1 is 1.13 bits per heavy atom. The number of nitrogens with one attached hydrogen (secondary N) is 2. The number of para-hydroxylation sites is 1. The molecule has 2 amide bonds. The zero-order valence-corrected chi connectivity index (χ0v) is 22.2. The van der Waals surface area contributed by atoms with Gasteiger partial charge in [0.1, 0.15) is 22.4 Å². The third kappa shape index (κ3) is 5.06. The van der Waals surface area contributed by atoms with Gasteiger partial charge < -0.3 is 19.6 Å². The topological polar surface area (TPSA) is 100 Å². The summed E-state index contributed by atoms with van der Waals surface area (Å²) in [6, 6.07) is 17.0. The van der Waals surface area contributed by atoms with Crippen LogP contribution in [0, 0.1) is 25.2 Å². The largest absolute Gasteiger partial charge is 0.467 e. The molecule has 8 heteroatoms. The Hall–Kier alpha value is -4.35. The van der Waals surface area contributed by atoms with E-state index in [2.05, 4.69) is 15.2 Å². The van der Waals surface area contributed by atoms with E-state index in [0.29, 0.717) is 11.3 Å². The van der Waals surface area contributed by atoms with Gasteiger partial charge in [-0.25, -0.2) is 0 Å². The summed E-state index contributed by atoms with van der Waals surface area (Å²) in [4.78, 5) is 27.6. The molecule has 5 rings (SSSR count). The minimum atomic E-state index is -0.469. The fourth-order valence-electron chi connectivity index (χ4n) is 4.88. The number of rotatable bonds is 7. The predicted octanol–water partition coefficient (Wildman–Crippen LogP) is 6.10. The van der Waals surface area contributed by atoms with Gasteiger partial charge in [0.05, 0.1) is 18.4 Å². The zero-order chi connectivity index (χ0) is 26.6. The first-order valence-corrected chi connectivity index (χ1v) is 13.4. The number of thiophene rings is 1. The van der Waals surface area contributed by atoms with Gasteiger partial charge in [0.25, 0.3) is 11.8 Å². The van der Waals surface area contributed by atoms with Gasteiger partial charge in [-0.05, 0) is 87.1 Å². The van der Waals surface area contributed by atoms with Gasteiger partial charge in [0.15, 0.2) is 0 Å². The lowest BCUT2D eigenvalue weighted by Crippen LogP contribution is -2.23. The minimum Gasteiger partial charge on any atom is -0.467 e. The molecule has 4 aromatic rings. The van der Waals surface area contributed by atoms with Gasteiger partial charge in [-0.1, -0.05) is 18.2 Å². The van der Waals surface area contributed by atoms with Crippen LogP contribution in [0.5, 0.6) is 0 Å². The number of hydrogen-bond donors (Lipinski definition) is 2. The second-order valence-electron chi connectivity index (χ2n) is 9.30. The maximum atomic E-state index is 13.6. The van der Waals surface area contributed by atoms with Gasteiger partial charge in [-0.2, -0.15) is 5.26 Å². The standard InChI is InChI=1S/C30H28N4O3S/c1-19-15-21(16-22(17-31)28(35)32-18-24-11-8-14-37-24)20(2)34(19)30-27(25-12-6-7-13-26(25)38-30)29(36)33-23-9-4-3-5-10-23/h3-5,8-11,14-16H,6-7,12-13,18H2,1-2H3,(H,32,35)(H,33,36)/b22-16-. The van der Waals surface area contributed by atoms with Crippen LogP contribution in [0.3, 0.4) is 0 Å². The number of nitriles is 1. The van der Waals surface area contributed by atoms with Crippen LogP contribution in [0.15, 0.2) is 64.8 Å². The fourth-order valence-corrected chi connectivity index (χ4v) is 6.38. The fraction of sp³-hybridized carbons (Fsp3) is 0.233. The van der Waals surface area contributed by atoms with E-state index >= 15 is 0 Å². The zero-order valence-electron chi connectivity index (χ0n) is 21.3. The molecule has 0 saturated carbocycles. The van der Waals surface area contributed by atoms with Crippen LogP contribution in [-0.2, 0) is 24.2 Å². The van der Waals surface area contributed by atoms with Gasteiger partial charge in [0.2, 0.25) is 0 Å². The summed E-state index contributed by atoms with van der Waals surface area (Å²) in [5.74, 6) is 0.0187. The number of nitrogens with zero attached hydrogens (tertiary/aromatic N) is 2. The Kier molecular flexibility index (Phi) is 7.29. The highest BCUT2D eigenvalue weighted by atomic mass is 32.1. The molecular weight excluding hydrogens is 496 g/mol. The van der Waals surface area contributed by atoms with Crippen molar-refractivity contribution in [2.45, 2.75) is 46.1 Å². The summed E-state index contributed by atoms with van der Waals surface area (Å²) < 4.78 is 7.33. The Balaban J connectivity index is 1.50. The molecule has 2 N–H and O–H groups in total. The highest BCUT2D eigenvalue weighted by molar-refractivity contribution is 7.15. The van der Waals surface area contributed by atoms with Crippen molar-refractivity contribution in [3.8, 4) is 11.1 Å². The van der Waals surface area contributed by atoms with Gasteiger partial charge in [-0.15, -0.1) is 11.3 Å². The highest BCUT2D eigenvalue weighted by Crippen LogP contribution is 2.39. The number of amides is 2. The average Bonchev–Trinajstić information content (AvgIpc) is 3.64. The Bertz CT molecular complexity index is 1550. The molecule has 0 radical (unpaired) electrons. The van der Waals surface area contributed by atoms with Crippen molar-refractivity contribution in [2.24, 2.45) is 0 Å². The normalized spacial score (nSPS) is 13.0. The van der Waals surface area contributed by atoms with E-state index in [4.69, 9.17) is 4.42 Å². The van der Waals surface area contributed by atoms with Crippen molar-refractivity contribution in [1.82, 2.24) is 9.88 Å². The molecule has 0 fully saturated rings. The van der Waals surface area contributed by atoms with Crippen LogP contribution >= 0.6 is 11.3 Å². The van der Waals surface area contributed by atoms with Crippen molar-refractivity contribution in [3.05, 3.63) is 99.1 Å². The van der Waals surface area contributed by atoms with E-state index in [0.717, 1.165) is 58.9 Å². The molecule has 1 aliphatic rings. The number of carbonyl (C=O) groups is 2. The Morgan fingerprint density at radius 3 is 2.66 bits per heavy atom. The van der Waals surface area contributed by atoms with E-state index in [-0.39, 0.29) is 18.0 Å². The van der Waals surface area contributed by atoms with Crippen molar-refractivity contribution in [3.63, 3.8) is 0 Å². The van der Waals surface area contributed by atoms with E-state index in [1.165, 1.54) is 11.1 Å². The first kappa shape index (κ1) is 25.3. The van der Waals surface area contributed by atoms with Crippen LogP contribution in [0.2, 0.25) is 0 Å². The number of benzene rings is 1. The van der Waals surface area contributed by atoms with Crippen molar-refractivity contribution < 1.29 is 14.0 Å².